The highest BCUT2D eigenvalue weighted by Crippen LogP contribution is 2.48. The van der Waals surface area contributed by atoms with E-state index in [4.69, 9.17) is 11.6 Å². The largest absolute Gasteiger partial charge is 0.366 e. The van der Waals surface area contributed by atoms with E-state index < -0.39 is 0 Å². The summed E-state index contributed by atoms with van der Waals surface area (Å²) in [6, 6.07) is 21.5. The fraction of sp³-hybridized carbons (Fsp3) is 0.394. The first-order valence-electron chi connectivity index (χ1n) is 14.7. The Kier molecular flexibility index (Phi) is 6.76. The molecule has 2 aromatic heterocycles. The second-order valence-electron chi connectivity index (χ2n) is 11.6. The first kappa shape index (κ1) is 25.6. The van der Waals surface area contributed by atoms with Gasteiger partial charge in [0.15, 0.2) is 0 Å². The number of hydrogen-bond acceptors (Lipinski definition) is 4. The van der Waals surface area contributed by atoms with E-state index in [1.165, 1.54) is 47.5 Å². The van der Waals surface area contributed by atoms with Crippen LogP contribution in [0.3, 0.4) is 0 Å². The van der Waals surface area contributed by atoms with Gasteiger partial charge in [-0.25, -0.2) is 4.52 Å². The molecule has 7 rings (SSSR count). The molecule has 3 aliphatic rings. The van der Waals surface area contributed by atoms with Gasteiger partial charge in [0, 0.05) is 61.6 Å². The molecule has 3 fully saturated rings. The number of anilines is 1. The van der Waals surface area contributed by atoms with Crippen molar-refractivity contribution in [3.63, 3.8) is 0 Å². The zero-order chi connectivity index (χ0) is 27.2. The van der Waals surface area contributed by atoms with Gasteiger partial charge in [-0.1, -0.05) is 54.9 Å². The van der Waals surface area contributed by atoms with Crippen LogP contribution in [0.25, 0.3) is 16.6 Å². The monoisotopic (exact) mass is 553 g/mol. The Balaban J connectivity index is 1.01. The van der Waals surface area contributed by atoms with E-state index in [1.54, 1.807) is 0 Å². The lowest BCUT2D eigenvalue weighted by molar-refractivity contribution is -0.132. The summed E-state index contributed by atoms with van der Waals surface area (Å²) in [7, 11) is 0. The minimum atomic E-state index is 0.110. The summed E-state index contributed by atoms with van der Waals surface area (Å²) in [5.41, 5.74) is 7.37. The van der Waals surface area contributed by atoms with Crippen LogP contribution in [0, 0.1) is 5.92 Å². The quantitative estimate of drug-likeness (QED) is 0.297. The number of halogens is 1. The molecule has 0 spiro atoms. The molecule has 4 aromatic rings. The van der Waals surface area contributed by atoms with Crippen LogP contribution in [-0.4, -0.2) is 71.1 Å². The molecular weight excluding hydrogens is 518 g/mol. The van der Waals surface area contributed by atoms with Crippen molar-refractivity contribution in [1.82, 2.24) is 19.4 Å². The van der Waals surface area contributed by atoms with Gasteiger partial charge in [-0.15, -0.1) is 0 Å². The third kappa shape index (κ3) is 4.88. The van der Waals surface area contributed by atoms with Crippen molar-refractivity contribution >= 4 is 28.7 Å². The van der Waals surface area contributed by atoms with E-state index in [2.05, 4.69) is 81.4 Å². The summed E-state index contributed by atoms with van der Waals surface area (Å²) in [5.74, 6) is 1.39. The van der Waals surface area contributed by atoms with E-state index >= 15 is 0 Å². The Morgan fingerprint density at radius 2 is 1.68 bits per heavy atom. The maximum Gasteiger partial charge on any atom is 0.226 e. The van der Waals surface area contributed by atoms with Crippen molar-refractivity contribution in [2.24, 2.45) is 5.92 Å². The third-order valence-electron chi connectivity index (χ3n) is 9.26. The number of piperazine rings is 1. The van der Waals surface area contributed by atoms with Crippen LogP contribution in [0.4, 0.5) is 5.69 Å². The lowest BCUT2D eigenvalue weighted by Gasteiger charge is -2.36. The number of fused-ring (bicyclic) bond motifs is 1. The highest BCUT2D eigenvalue weighted by Gasteiger charge is 2.46. The van der Waals surface area contributed by atoms with Crippen LogP contribution in [0.1, 0.15) is 42.7 Å². The van der Waals surface area contributed by atoms with Gasteiger partial charge in [0.05, 0.1) is 11.2 Å². The van der Waals surface area contributed by atoms with Crippen molar-refractivity contribution < 1.29 is 4.79 Å². The predicted molar refractivity (Wildman–Crippen MR) is 161 cm³/mol. The SMILES string of the molecule is CCN1CCC(c2ccc(-c3cc4c(N5CCN(C(=O)C6CC6c6ccc(Cl)cc6)CC5)ccnn4c3)cc2)C1. The summed E-state index contributed by atoms with van der Waals surface area (Å²) in [4.78, 5) is 20.2. The van der Waals surface area contributed by atoms with Gasteiger partial charge in [0.25, 0.3) is 0 Å². The lowest BCUT2D eigenvalue weighted by atomic mass is 9.96. The molecule has 2 aliphatic heterocycles. The Morgan fingerprint density at radius 3 is 2.40 bits per heavy atom. The molecule has 7 heteroatoms. The molecule has 206 valence electrons. The van der Waals surface area contributed by atoms with Crippen molar-refractivity contribution in [3.05, 3.63) is 89.2 Å². The Bertz CT molecular complexity index is 1510. The fourth-order valence-corrected chi connectivity index (χ4v) is 6.84. The number of nitrogens with zero attached hydrogens (tertiary/aromatic N) is 5. The minimum absolute atomic E-state index is 0.110. The highest BCUT2D eigenvalue weighted by molar-refractivity contribution is 6.30. The third-order valence-corrected chi connectivity index (χ3v) is 9.51. The Labute approximate surface area is 241 Å². The molecule has 0 radical (unpaired) electrons. The molecule has 1 saturated carbocycles. The molecule has 40 heavy (non-hydrogen) atoms. The van der Waals surface area contributed by atoms with Gasteiger partial charge >= 0.3 is 0 Å². The molecule has 1 aliphatic carbocycles. The zero-order valence-corrected chi connectivity index (χ0v) is 23.8. The average Bonchev–Trinajstić information content (AvgIpc) is 3.43. The standard InChI is InChI=1S/C33H36ClN5O/c1-2-36-14-12-26(21-36)23-3-5-24(6-4-23)27-19-32-31(11-13-35-39(32)22-27)37-15-17-38(18-16-37)33(40)30-20-29(30)25-7-9-28(34)10-8-25/h3-11,13,19,22,26,29-30H,2,12,14-18,20-21H2,1H3. The smallest absolute Gasteiger partial charge is 0.226 e. The van der Waals surface area contributed by atoms with E-state index in [-0.39, 0.29) is 5.92 Å². The second kappa shape index (κ2) is 10.6. The van der Waals surface area contributed by atoms with Gasteiger partial charge in [-0.3, -0.25) is 4.79 Å². The topological polar surface area (TPSA) is 44.1 Å². The van der Waals surface area contributed by atoms with Crippen LogP contribution in [0.15, 0.2) is 73.1 Å². The van der Waals surface area contributed by atoms with Gasteiger partial charge in [-0.05, 0) is 78.7 Å². The number of hydrogen-bond donors (Lipinski definition) is 0. The molecule has 0 N–H and O–H groups in total. The van der Waals surface area contributed by atoms with Crippen LogP contribution >= 0.6 is 11.6 Å². The second-order valence-corrected chi connectivity index (χ2v) is 12.0. The molecule has 6 nitrogen and oxygen atoms in total. The summed E-state index contributed by atoms with van der Waals surface area (Å²) < 4.78 is 1.99. The number of carbonyl (C=O) groups is 1. The predicted octanol–water partition coefficient (Wildman–Crippen LogP) is 5.92. The summed E-state index contributed by atoms with van der Waals surface area (Å²) >= 11 is 6.04. The molecule has 3 atom stereocenters. The number of benzene rings is 2. The Hall–Kier alpha value is -3.35. The van der Waals surface area contributed by atoms with Crippen LogP contribution in [0.5, 0.6) is 0 Å². The minimum Gasteiger partial charge on any atom is -0.366 e. The van der Waals surface area contributed by atoms with Gasteiger partial charge < -0.3 is 14.7 Å². The number of likely N-dealkylation sites (N-methyl/N-ethyl adjacent to an activating group) is 1. The summed E-state index contributed by atoms with van der Waals surface area (Å²) in [5, 5.41) is 5.35. The van der Waals surface area contributed by atoms with Crippen molar-refractivity contribution in [1.29, 1.82) is 0 Å². The molecular formula is C33H36ClN5O. The van der Waals surface area contributed by atoms with E-state index in [0.29, 0.717) is 17.7 Å². The van der Waals surface area contributed by atoms with Gasteiger partial charge in [-0.2, -0.15) is 5.10 Å². The number of aromatic nitrogens is 2. The first-order chi connectivity index (χ1) is 19.6. The molecule has 3 unspecified atom stereocenters. The molecule has 1 amide bonds. The summed E-state index contributed by atoms with van der Waals surface area (Å²) in [6.45, 7) is 8.92. The average molecular weight is 554 g/mol. The first-order valence-corrected chi connectivity index (χ1v) is 15.0. The van der Waals surface area contributed by atoms with E-state index in [9.17, 15) is 4.79 Å². The lowest BCUT2D eigenvalue weighted by Crippen LogP contribution is -2.49. The van der Waals surface area contributed by atoms with Crippen molar-refractivity contribution in [2.75, 3.05) is 50.7 Å². The molecule has 2 aromatic carbocycles. The maximum absolute atomic E-state index is 13.2. The summed E-state index contributed by atoms with van der Waals surface area (Å²) in [6.07, 6.45) is 6.20. The molecule has 4 heterocycles. The van der Waals surface area contributed by atoms with E-state index in [0.717, 1.165) is 49.7 Å². The van der Waals surface area contributed by atoms with Crippen molar-refractivity contribution in [2.45, 2.75) is 31.6 Å². The zero-order valence-electron chi connectivity index (χ0n) is 23.0. The molecule has 2 saturated heterocycles. The van der Waals surface area contributed by atoms with Crippen molar-refractivity contribution in [3.8, 4) is 11.1 Å². The number of rotatable bonds is 6. The Morgan fingerprint density at radius 1 is 0.925 bits per heavy atom. The van der Waals surface area contributed by atoms with Gasteiger partial charge in [0.2, 0.25) is 5.91 Å². The number of amides is 1. The van der Waals surface area contributed by atoms with Crippen LogP contribution < -0.4 is 4.90 Å². The van der Waals surface area contributed by atoms with Gasteiger partial charge in [0.1, 0.15) is 0 Å². The maximum atomic E-state index is 13.2. The fourth-order valence-electron chi connectivity index (χ4n) is 6.71. The number of carbonyl (C=O) groups excluding carboxylic acids is 1. The van der Waals surface area contributed by atoms with E-state index in [1.807, 2.05) is 22.8 Å². The normalized spacial score (nSPS) is 23.2. The van der Waals surface area contributed by atoms with Crippen LogP contribution in [0.2, 0.25) is 5.02 Å². The molecule has 0 bridgehead atoms. The number of likely N-dealkylation sites (tertiary alicyclic amines) is 1. The van der Waals surface area contributed by atoms with Crippen LogP contribution in [-0.2, 0) is 4.79 Å². The highest BCUT2D eigenvalue weighted by atomic mass is 35.5.